The Kier molecular flexibility index (Phi) is 4.46. The van der Waals surface area contributed by atoms with Crippen LogP contribution in [-0.2, 0) is 16.0 Å². The van der Waals surface area contributed by atoms with Gasteiger partial charge in [-0.05, 0) is 61.1 Å². The summed E-state index contributed by atoms with van der Waals surface area (Å²) in [5, 5.41) is 11.7. The summed E-state index contributed by atoms with van der Waals surface area (Å²) in [6, 6.07) is 7.50. The number of benzene rings is 1. The maximum atomic E-state index is 12.2. The van der Waals surface area contributed by atoms with Crippen molar-refractivity contribution >= 4 is 17.6 Å². The van der Waals surface area contributed by atoms with E-state index in [0.29, 0.717) is 18.8 Å². The second-order valence-electron chi connectivity index (χ2n) is 6.78. The first-order valence-corrected chi connectivity index (χ1v) is 8.20. The zero-order valence-corrected chi connectivity index (χ0v) is 12.8. The number of aliphatic carboxylic acids is 1. The number of anilines is 1. The summed E-state index contributed by atoms with van der Waals surface area (Å²) >= 11 is 0. The van der Waals surface area contributed by atoms with Gasteiger partial charge in [0.25, 0.3) is 0 Å². The van der Waals surface area contributed by atoms with Crippen LogP contribution in [0.3, 0.4) is 0 Å². The first kappa shape index (κ1) is 15.1. The molecule has 118 valence electrons. The number of amides is 1. The minimum Gasteiger partial charge on any atom is -0.481 e. The Hall–Kier alpha value is -1.84. The van der Waals surface area contributed by atoms with Crippen LogP contribution in [-0.4, -0.2) is 17.0 Å². The molecule has 2 N–H and O–H groups in total. The molecule has 3 unspecified atom stereocenters. The van der Waals surface area contributed by atoms with Gasteiger partial charge in [0.15, 0.2) is 0 Å². The van der Waals surface area contributed by atoms with Crippen LogP contribution < -0.4 is 5.32 Å². The van der Waals surface area contributed by atoms with Gasteiger partial charge >= 0.3 is 5.97 Å². The van der Waals surface area contributed by atoms with Gasteiger partial charge in [-0.1, -0.05) is 18.6 Å². The molecule has 2 fully saturated rings. The third-order valence-electron chi connectivity index (χ3n) is 5.17. The molecule has 1 aromatic carbocycles. The van der Waals surface area contributed by atoms with E-state index in [-0.39, 0.29) is 12.3 Å². The number of carbonyl (C=O) groups is 2. The first-order chi connectivity index (χ1) is 10.6. The van der Waals surface area contributed by atoms with Crippen LogP contribution >= 0.6 is 0 Å². The van der Waals surface area contributed by atoms with E-state index in [9.17, 15) is 9.59 Å². The molecule has 0 spiro atoms. The van der Waals surface area contributed by atoms with Crippen molar-refractivity contribution in [3.05, 3.63) is 29.8 Å². The van der Waals surface area contributed by atoms with Gasteiger partial charge in [0.2, 0.25) is 5.91 Å². The molecule has 4 nitrogen and oxygen atoms in total. The van der Waals surface area contributed by atoms with Crippen LogP contribution in [0.4, 0.5) is 5.69 Å². The summed E-state index contributed by atoms with van der Waals surface area (Å²) < 4.78 is 0. The molecule has 22 heavy (non-hydrogen) atoms. The van der Waals surface area contributed by atoms with Crippen molar-refractivity contribution in [1.82, 2.24) is 0 Å². The zero-order valence-electron chi connectivity index (χ0n) is 12.8. The van der Waals surface area contributed by atoms with E-state index in [1.54, 1.807) is 0 Å². The van der Waals surface area contributed by atoms with Gasteiger partial charge in [-0.2, -0.15) is 0 Å². The Balaban J connectivity index is 1.52. The van der Waals surface area contributed by atoms with Crippen molar-refractivity contribution in [3.63, 3.8) is 0 Å². The summed E-state index contributed by atoms with van der Waals surface area (Å²) in [4.78, 5) is 22.8. The van der Waals surface area contributed by atoms with Crippen molar-refractivity contribution in [2.24, 2.45) is 17.8 Å². The van der Waals surface area contributed by atoms with Crippen LogP contribution in [0.2, 0.25) is 0 Å². The van der Waals surface area contributed by atoms with E-state index in [0.717, 1.165) is 23.1 Å². The van der Waals surface area contributed by atoms with Crippen molar-refractivity contribution in [2.45, 2.75) is 44.9 Å². The molecule has 0 aromatic heterocycles. The molecular weight excluding hydrogens is 278 g/mol. The molecule has 2 bridgehead atoms. The van der Waals surface area contributed by atoms with Gasteiger partial charge < -0.3 is 10.4 Å². The summed E-state index contributed by atoms with van der Waals surface area (Å²) in [6.45, 7) is 0. The molecule has 1 aromatic rings. The number of carboxylic acid groups (broad SMARTS) is 1. The van der Waals surface area contributed by atoms with Crippen molar-refractivity contribution < 1.29 is 14.7 Å². The second-order valence-corrected chi connectivity index (χ2v) is 6.78. The number of aryl methyl sites for hydroxylation is 1. The number of carbonyl (C=O) groups excluding carboxylic acids is 1. The molecule has 3 rings (SSSR count). The quantitative estimate of drug-likeness (QED) is 0.845. The SMILES string of the molecule is O=C(O)CCc1cccc(NC(=O)CC2CC3CCC2C3)c1. The zero-order chi connectivity index (χ0) is 15.5. The molecule has 0 saturated heterocycles. The summed E-state index contributed by atoms with van der Waals surface area (Å²) in [5.74, 6) is 1.48. The van der Waals surface area contributed by atoms with Gasteiger partial charge in [0.1, 0.15) is 0 Å². The molecule has 4 heteroatoms. The highest BCUT2D eigenvalue weighted by atomic mass is 16.4. The highest BCUT2D eigenvalue weighted by molar-refractivity contribution is 5.91. The topological polar surface area (TPSA) is 66.4 Å². The number of hydrogen-bond donors (Lipinski definition) is 2. The minimum atomic E-state index is -0.800. The first-order valence-electron chi connectivity index (χ1n) is 8.20. The predicted octanol–water partition coefficient (Wildman–Crippen LogP) is 3.47. The lowest BCUT2D eigenvalue weighted by Crippen LogP contribution is -2.20. The van der Waals surface area contributed by atoms with E-state index in [1.165, 1.54) is 25.7 Å². The fraction of sp³-hybridized carbons (Fsp3) is 0.556. The normalized spacial score (nSPS) is 26.1. The lowest BCUT2D eigenvalue weighted by atomic mass is 9.86. The van der Waals surface area contributed by atoms with Gasteiger partial charge in [0.05, 0.1) is 0 Å². The van der Waals surface area contributed by atoms with E-state index >= 15 is 0 Å². The number of rotatable bonds is 6. The van der Waals surface area contributed by atoms with Crippen LogP contribution in [0.1, 0.15) is 44.1 Å². The lowest BCUT2D eigenvalue weighted by Gasteiger charge is -2.21. The highest BCUT2D eigenvalue weighted by Gasteiger charge is 2.40. The van der Waals surface area contributed by atoms with E-state index in [1.807, 2.05) is 24.3 Å². The molecule has 3 atom stereocenters. The average molecular weight is 301 g/mol. The van der Waals surface area contributed by atoms with E-state index in [4.69, 9.17) is 5.11 Å². The minimum absolute atomic E-state index is 0.0907. The Morgan fingerprint density at radius 3 is 2.77 bits per heavy atom. The fourth-order valence-corrected chi connectivity index (χ4v) is 4.13. The Labute approximate surface area is 130 Å². The lowest BCUT2D eigenvalue weighted by molar-refractivity contribution is -0.137. The smallest absolute Gasteiger partial charge is 0.303 e. The van der Waals surface area contributed by atoms with Crippen LogP contribution in [0.25, 0.3) is 0 Å². The maximum absolute atomic E-state index is 12.2. The summed E-state index contributed by atoms with van der Waals surface area (Å²) in [5.41, 5.74) is 1.72. The number of carboxylic acids is 1. The van der Waals surface area contributed by atoms with Crippen molar-refractivity contribution in [2.75, 3.05) is 5.32 Å². The fourth-order valence-electron chi connectivity index (χ4n) is 4.13. The number of hydrogen-bond acceptors (Lipinski definition) is 2. The van der Waals surface area contributed by atoms with Gasteiger partial charge in [-0.15, -0.1) is 0 Å². The predicted molar refractivity (Wildman–Crippen MR) is 84.6 cm³/mol. The van der Waals surface area contributed by atoms with Crippen molar-refractivity contribution in [3.8, 4) is 0 Å². The van der Waals surface area contributed by atoms with E-state index < -0.39 is 5.97 Å². The third-order valence-corrected chi connectivity index (χ3v) is 5.17. The molecule has 0 radical (unpaired) electrons. The van der Waals surface area contributed by atoms with Crippen LogP contribution in [0.5, 0.6) is 0 Å². The Morgan fingerprint density at radius 1 is 1.23 bits per heavy atom. The Morgan fingerprint density at radius 2 is 2.09 bits per heavy atom. The number of fused-ring (bicyclic) bond motifs is 2. The van der Waals surface area contributed by atoms with Gasteiger partial charge in [-0.3, -0.25) is 9.59 Å². The molecule has 2 aliphatic rings. The monoisotopic (exact) mass is 301 g/mol. The van der Waals surface area contributed by atoms with Gasteiger partial charge in [0, 0.05) is 18.5 Å². The standard InChI is InChI=1S/C18H23NO3/c20-17(11-15-9-13-4-6-14(15)8-13)19-16-3-1-2-12(10-16)5-7-18(21)22/h1-3,10,13-15H,4-9,11H2,(H,19,20)(H,21,22). The molecule has 2 aliphatic carbocycles. The van der Waals surface area contributed by atoms with Crippen LogP contribution in [0, 0.1) is 17.8 Å². The molecule has 2 saturated carbocycles. The van der Waals surface area contributed by atoms with E-state index in [2.05, 4.69) is 5.32 Å². The second kappa shape index (κ2) is 6.51. The average Bonchev–Trinajstić information content (AvgIpc) is 3.08. The molecule has 0 aliphatic heterocycles. The third kappa shape index (κ3) is 3.67. The Bertz CT molecular complexity index is 569. The molecule has 0 heterocycles. The van der Waals surface area contributed by atoms with Crippen LogP contribution in [0.15, 0.2) is 24.3 Å². The largest absolute Gasteiger partial charge is 0.481 e. The number of nitrogens with one attached hydrogen (secondary N) is 1. The highest BCUT2D eigenvalue weighted by Crippen LogP contribution is 2.49. The molecular formula is C18H23NO3. The summed E-state index contributed by atoms with van der Waals surface area (Å²) in [7, 11) is 0. The maximum Gasteiger partial charge on any atom is 0.303 e. The van der Waals surface area contributed by atoms with Gasteiger partial charge in [-0.25, -0.2) is 0 Å². The van der Waals surface area contributed by atoms with Crippen molar-refractivity contribution in [1.29, 1.82) is 0 Å². The molecule has 1 amide bonds. The summed E-state index contributed by atoms with van der Waals surface area (Å²) in [6.07, 6.45) is 6.43.